The van der Waals surface area contributed by atoms with E-state index in [0.717, 1.165) is 5.69 Å². The number of hydrogen-bond acceptors (Lipinski definition) is 4. The van der Waals surface area contributed by atoms with Crippen LogP contribution in [0.3, 0.4) is 0 Å². The van der Waals surface area contributed by atoms with Gasteiger partial charge in [-0.3, -0.25) is 15.0 Å². The number of amides is 4. The van der Waals surface area contributed by atoms with E-state index in [0.29, 0.717) is 35.9 Å². The fraction of sp³-hybridized carbons (Fsp3) is 0.130. The number of urea groups is 2. The topological polar surface area (TPSA) is 117 Å². The Morgan fingerprint density at radius 3 is 2.12 bits per heavy atom. The van der Waals surface area contributed by atoms with Gasteiger partial charge in [0.05, 0.1) is 4.92 Å². The lowest BCUT2D eigenvalue weighted by Crippen LogP contribution is -2.38. The first-order valence-electron chi connectivity index (χ1n) is 10.1. The lowest BCUT2D eigenvalue weighted by atomic mass is 10.2. The Morgan fingerprint density at radius 2 is 1.48 bits per heavy atom. The monoisotopic (exact) mass is 467 g/mol. The lowest BCUT2D eigenvalue weighted by Gasteiger charge is -2.23. The summed E-state index contributed by atoms with van der Waals surface area (Å²) in [5.74, 6) is 0. The summed E-state index contributed by atoms with van der Waals surface area (Å²) in [6.45, 7) is 0.678. The van der Waals surface area contributed by atoms with Crippen LogP contribution in [-0.4, -0.2) is 30.1 Å². The minimum absolute atomic E-state index is 0.0566. The van der Waals surface area contributed by atoms with E-state index in [4.69, 9.17) is 11.6 Å². The van der Waals surface area contributed by atoms with E-state index in [-0.39, 0.29) is 11.7 Å². The summed E-state index contributed by atoms with van der Waals surface area (Å²) in [7, 11) is 0. The molecule has 0 saturated heterocycles. The van der Waals surface area contributed by atoms with E-state index in [1.807, 2.05) is 30.3 Å². The molecular weight excluding hydrogens is 446 g/mol. The highest BCUT2D eigenvalue weighted by atomic mass is 35.5. The van der Waals surface area contributed by atoms with E-state index >= 15 is 0 Å². The van der Waals surface area contributed by atoms with Crippen molar-refractivity contribution >= 4 is 46.4 Å². The number of rotatable bonds is 8. The highest BCUT2D eigenvalue weighted by molar-refractivity contribution is 6.30. The standard InChI is InChI=1S/C23H22ClN5O4/c24-17-7-9-19(10-8-17)27-23(31)28(20-5-2-1-3-6-20)16-4-15-25-22(30)26-18-11-13-21(14-12-18)29(32)33/h1-3,5-14H,4,15-16H2,(H,27,31)(H2,25,26,30). The number of nitrogens with one attached hydrogen (secondary N) is 3. The fourth-order valence-corrected chi connectivity index (χ4v) is 3.09. The normalized spacial score (nSPS) is 10.2. The van der Waals surface area contributed by atoms with Crippen LogP contribution in [0.15, 0.2) is 78.9 Å². The first-order valence-corrected chi connectivity index (χ1v) is 10.5. The number of halogens is 1. The molecule has 0 heterocycles. The number of non-ortho nitro benzene ring substituents is 1. The minimum Gasteiger partial charge on any atom is -0.338 e. The predicted octanol–water partition coefficient (Wildman–Crippen LogP) is 5.50. The second-order valence-corrected chi connectivity index (χ2v) is 7.40. The number of nitro benzene ring substituents is 1. The summed E-state index contributed by atoms with van der Waals surface area (Å²) < 4.78 is 0. The van der Waals surface area contributed by atoms with Crippen molar-refractivity contribution in [2.24, 2.45) is 0 Å². The third kappa shape index (κ3) is 7.22. The fourth-order valence-electron chi connectivity index (χ4n) is 2.96. The predicted molar refractivity (Wildman–Crippen MR) is 129 cm³/mol. The minimum atomic E-state index is -0.509. The van der Waals surface area contributed by atoms with Crippen molar-refractivity contribution in [2.75, 3.05) is 28.6 Å². The van der Waals surface area contributed by atoms with Crippen LogP contribution in [0.4, 0.5) is 32.3 Å². The number of para-hydroxylation sites is 1. The lowest BCUT2D eigenvalue weighted by molar-refractivity contribution is -0.384. The molecule has 3 rings (SSSR count). The second-order valence-electron chi connectivity index (χ2n) is 6.96. The average molecular weight is 468 g/mol. The molecule has 0 unspecified atom stereocenters. The third-order valence-electron chi connectivity index (χ3n) is 4.59. The van der Waals surface area contributed by atoms with Crippen molar-refractivity contribution in [3.8, 4) is 0 Å². The summed E-state index contributed by atoms with van der Waals surface area (Å²) in [6, 6.07) is 20.8. The van der Waals surface area contributed by atoms with Crippen molar-refractivity contribution < 1.29 is 14.5 Å². The van der Waals surface area contributed by atoms with E-state index < -0.39 is 11.0 Å². The Balaban J connectivity index is 1.52. The maximum atomic E-state index is 12.9. The zero-order chi connectivity index (χ0) is 23.6. The van der Waals surface area contributed by atoms with Gasteiger partial charge in [-0.05, 0) is 55.0 Å². The van der Waals surface area contributed by atoms with Crippen molar-refractivity contribution in [3.05, 3.63) is 94.0 Å². The molecule has 4 amide bonds. The molecule has 3 N–H and O–H groups in total. The zero-order valence-corrected chi connectivity index (χ0v) is 18.3. The largest absolute Gasteiger partial charge is 0.338 e. The summed E-state index contributed by atoms with van der Waals surface area (Å²) in [6.07, 6.45) is 0.497. The van der Waals surface area contributed by atoms with Crippen LogP contribution < -0.4 is 20.9 Å². The SMILES string of the molecule is O=C(NCCCN(C(=O)Nc1ccc(Cl)cc1)c1ccccc1)Nc1ccc([N+](=O)[O-])cc1. The smallest absolute Gasteiger partial charge is 0.326 e. The van der Waals surface area contributed by atoms with Crippen LogP contribution in [0.5, 0.6) is 0 Å². The van der Waals surface area contributed by atoms with E-state index in [1.54, 1.807) is 29.2 Å². The van der Waals surface area contributed by atoms with E-state index in [2.05, 4.69) is 16.0 Å². The van der Waals surface area contributed by atoms with Gasteiger partial charge >= 0.3 is 12.1 Å². The van der Waals surface area contributed by atoms with Gasteiger partial charge in [0.2, 0.25) is 0 Å². The molecule has 170 valence electrons. The van der Waals surface area contributed by atoms with Crippen molar-refractivity contribution in [1.29, 1.82) is 0 Å². The maximum Gasteiger partial charge on any atom is 0.326 e. The van der Waals surface area contributed by atoms with Gasteiger partial charge in [-0.2, -0.15) is 0 Å². The van der Waals surface area contributed by atoms with Gasteiger partial charge < -0.3 is 16.0 Å². The number of carbonyl (C=O) groups excluding carboxylic acids is 2. The summed E-state index contributed by atoms with van der Waals surface area (Å²) in [5, 5.41) is 19.4. The average Bonchev–Trinajstić information content (AvgIpc) is 2.81. The Kier molecular flexibility index (Phi) is 8.20. The maximum absolute atomic E-state index is 12.9. The molecule has 0 radical (unpaired) electrons. The molecule has 9 nitrogen and oxygen atoms in total. The zero-order valence-electron chi connectivity index (χ0n) is 17.5. The Hall–Kier alpha value is -4.11. The van der Waals surface area contributed by atoms with Crippen LogP contribution in [0.2, 0.25) is 5.02 Å². The third-order valence-corrected chi connectivity index (χ3v) is 4.84. The Bertz CT molecular complexity index is 1090. The molecule has 0 aliphatic rings. The van der Waals surface area contributed by atoms with Crippen LogP contribution >= 0.6 is 11.6 Å². The molecule has 0 aliphatic carbocycles. The summed E-state index contributed by atoms with van der Waals surface area (Å²) in [4.78, 5) is 36.7. The van der Waals surface area contributed by atoms with Gasteiger partial charge in [0, 0.05) is 47.3 Å². The van der Waals surface area contributed by atoms with Crippen LogP contribution in [0.25, 0.3) is 0 Å². The summed E-state index contributed by atoms with van der Waals surface area (Å²) >= 11 is 5.90. The Labute approximate surface area is 195 Å². The Morgan fingerprint density at radius 1 is 0.879 bits per heavy atom. The molecule has 3 aromatic rings. The van der Waals surface area contributed by atoms with Crippen molar-refractivity contribution in [3.63, 3.8) is 0 Å². The van der Waals surface area contributed by atoms with Gasteiger partial charge in [0.15, 0.2) is 0 Å². The molecule has 3 aromatic carbocycles. The van der Waals surface area contributed by atoms with E-state index in [1.165, 1.54) is 24.3 Å². The molecule has 0 bridgehead atoms. The number of benzene rings is 3. The number of hydrogen-bond donors (Lipinski definition) is 3. The van der Waals surface area contributed by atoms with Gasteiger partial charge in [-0.1, -0.05) is 29.8 Å². The first-order chi connectivity index (χ1) is 15.9. The first kappa shape index (κ1) is 23.6. The van der Waals surface area contributed by atoms with Crippen LogP contribution in [-0.2, 0) is 0 Å². The van der Waals surface area contributed by atoms with Crippen LogP contribution in [0, 0.1) is 10.1 Å². The number of carbonyl (C=O) groups is 2. The molecule has 0 fully saturated rings. The second kappa shape index (κ2) is 11.5. The number of nitrogens with zero attached hydrogens (tertiary/aromatic N) is 2. The highest BCUT2D eigenvalue weighted by Gasteiger charge is 2.16. The van der Waals surface area contributed by atoms with Gasteiger partial charge in [-0.15, -0.1) is 0 Å². The molecule has 0 saturated carbocycles. The van der Waals surface area contributed by atoms with Gasteiger partial charge in [0.25, 0.3) is 5.69 Å². The molecule has 33 heavy (non-hydrogen) atoms. The van der Waals surface area contributed by atoms with Crippen LogP contribution in [0.1, 0.15) is 6.42 Å². The van der Waals surface area contributed by atoms with Gasteiger partial charge in [0.1, 0.15) is 0 Å². The molecule has 0 aliphatic heterocycles. The van der Waals surface area contributed by atoms with Crippen molar-refractivity contribution in [2.45, 2.75) is 6.42 Å². The highest BCUT2D eigenvalue weighted by Crippen LogP contribution is 2.18. The van der Waals surface area contributed by atoms with E-state index in [9.17, 15) is 19.7 Å². The number of nitro groups is 1. The molecule has 0 spiro atoms. The summed E-state index contributed by atoms with van der Waals surface area (Å²) in [5.41, 5.74) is 1.72. The molecular formula is C23H22ClN5O4. The molecule has 10 heteroatoms. The molecule has 0 aromatic heterocycles. The van der Waals surface area contributed by atoms with Gasteiger partial charge in [-0.25, -0.2) is 9.59 Å². The van der Waals surface area contributed by atoms with Crippen molar-refractivity contribution in [1.82, 2.24) is 5.32 Å². The quantitative estimate of drug-likeness (QED) is 0.230. The number of anilines is 3. The molecule has 0 atom stereocenters.